The van der Waals surface area contributed by atoms with E-state index >= 15 is 0 Å². The van der Waals surface area contributed by atoms with Crippen LogP contribution < -0.4 is 16.4 Å². The fourth-order valence-corrected chi connectivity index (χ4v) is 1.88. The second-order valence-corrected chi connectivity index (χ2v) is 4.08. The molecule has 102 valence electrons. The maximum Gasteiger partial charge on any atom is 0.271 e. The molecule has 5 N–H and O–H groups in total. The number of aromatic amines is 1. The van der Waals surface area contributed by atoms with Crippen molar-refractivity contribution >= 4 is 22.7 Å². The smallest absolute Gasteiger partial charge is 0.271 e. The molecule has 0 fully saturated rings. The number of rotatable bonds is 6. The van der Waals surface area contributed by atoms with E-state index in [9.17, 15) is 10.1 Å². The van der Waals surface area contributed by atoms with Crippen LogP contribution in [0.15, 0.2) is 18.2 Å². The molecule has 0 aliphatic rings. The first-order valence-corrected chi connectivity index (χ1v) is 5.95. The fourth-order valence-electron chi connectivity index (χ4n) is 1.88. The van der Waals surface area contributed by atoms with Gasteiger partial charge in [0, 0.05) is 38.3 Å². The Balaban J connectivity index is 2.36. The van der Waals surface area contributed by atoms with Gasteiger partial charge in [-0.15, -0.1) is 0 Å². The number of anilines is 1. The van der Waals surface area contributed by atoms with E-state index in [2.05, 4.69) is 9.97 Å². The molecule has 0 saturated heterocycles. The number of imidazole rings is 1. The number of nitrogens with one attached hydrogen (secondary N) is 1. The quantitative estimate of drug-likeness (QED) is 0.505. The lowest BCUT2D eigenvalue weighted by Gasteiger charge is -2.19. The Morgan fingerprint density at radius 2 is 2.00 bits per heavy atom. The lowest BCUT2D eigenvalue weighted by molar-refractivity contribution is -0.384. The summed E-state index contributed by atoms with van der Waals surface area (Å²) in [5.74, 6) is 0.631. The molecule has 1 aromatic carbocycles. The number of benzene rings is 1. The highest BCUT2D eigenvalue weighted by Crippen LogP contribution is 2.21. The van der Waals surface area contributed by atoms with Crippen LogP contribution >= 0.6 is 0 Å². The summed E-state index contributed by atoms with van der Waals surface area (Å²) in [5, 5.41) is 10.7. The van der Waals surface area contributed by atoms with Crippen molar-refractivity contribution in [3.63, 3.8) is 0 Å². The van der Waals surface area contributed by atoms with Crippen LogP contribution in [0.5, 0.6) is 0 Å². The topological polar surface area (TPSA) is 127 Å². The van der Waals surface area contributed by atoms with Crippen LogP contribution in [0.25, 0.3) is 11.0 Å². The Morgan fingerprint density at radius 1 is 1.32 bits per heavy atom. The highest BCUT2D eigenvalue weighted by Gasteiger charge is 2.13. The van der Waals surface area contributed by atoms with Crippen molar-refractivity contribution in [2.24, 2.45) is 11.5 Å². The van der Waals surface area contributed by atoms with Gasteiger partial charge in [-0.05, 0) is 6.07 Å². The summed E-state index contributed by atoms with van der Waals surface area (Å²) in [6, 6.07) is 4.52. The molecule has 0 bridgehead atoms. The third kappa shape index (κ3) is 2.80. The van der Waals surface area contributed by atoms with E-state index in [1.165, 1.54) is 12.1 Å². The summed E-state index contributed by atoms with van der Waals surface area (Å²) in [7, 11) is 0. The Bertz CT molecular complexity index is 576. The van der Waals surface area contributed by atoms with Crippen molar-refractivity contribution in [3.05, 3.63) is 28.3 Å². The molecular formula is C11H16N6O2. The Hall–Kier alpha value is -2.19. The van der Waals surface area contributed by atoms with Gasteiger partial charge in [-0.2, -0.15) is 0 Å². The normalized spacial score (nSPS) is 10.8. The van der Waals surface area contributed by atoms with E-state index in [4.69, 9.17) is 11.5 Å². The van der Waals surface area contributed by atoms with E-state index in [1.807, 2.05) is 4.90 Å². The van der Waals surface area contributed by atoms with Crippen molar-refractivity contribution in [1.82, 2.24) is 9.97 Å². The summed E-state index contributed by atoms with van der Waals surface area (Å²) >= 11 is 0. The average Bonchev–Trinajstić information content (AvgIpc) is 2.80. The van der Waals surface area contributed by atoms with Gasteiger partial charge in [-0.25, -0.2) is 4.98 Å². The summed E-state index contributed by atoms with van der Waals surface area (Å²) in [4.78, 5) is 19.7. The predicted octanol–water partition coefficient (Wildman–Crippen LogP) is 0.195. The zero-order valence-electron chi connectivity index (χ0n) is 10.4. The molecule has 0 radical (unpaired) electrons. The summed E-state index contributed by atoms with van der Waals surface area (Å²) < 4.78 is 0. The third-order valence-electron chi connectivity index (χ3n) is 2.76. The molecule has 2 rings (SSSR count). The van der Waals surface area contributed by atoms with Crippen molar-refractivity contribution in [3.8, 4) is 0 Å². The average molecular weight is 264 g/mol. The van der Waals surface area contributed by atoms with Gasteiger partial charge in [0.25, 0.3) is 5.69 Å². The Kier molecular flexibility index (Phi) is 3.93. The van der Waals surface area contributed by atoms with Gasteiger partial charge in [-0.3, -0.25) is 10.1 Å². The molecule has 0 atom stereocenters. The van der Waals surface area contributed by atoms with Crippen LogP contribution in [0, 0.1) is 10.1 Å². The SMILES string of the molecule is NCCN(CCN)c1nc2ccc([N+](=O)[O-])cc2[nH]1. The number of nitrogens with zero attached hydrogens (tertiary/aromatic N) is 3. The van der Waals surface area contributed by atoms with Crippen molar-refractivity contribution in [2.45, 2.75) is 0 Å². The number of hydrogen-bond donors (Lipinski definition) is 3. The van der Waals surface area contributed by atoms with Gasteiger partial charge in [0.15, 0.2) is 0 Å². The Labute approximate surface area is 109 Å². The van der Waals surface area contributed by atoms with Crippen LogP contribution in [0.4, 0.5) is 11.6 Å². The van der Waals surface area contributed by atoms with E-state index < -0.39 is 4.92 Å². The van der Waals surface area contributed by atoms with E-state index in [0.29, 0.717) is 43.2 Å². The van der Waals surface area contributed by atoms with E-state index in [-0.39, 0.29) is 5.69 Å². The molecule has 1 heterocycles. The second-order valence-electron chi connectivity index (χ2n) is 4.08. The van der Waals surface area contributed by atoms with Crippen LogP contribution in [-0.2, 0) is 0 Å². The lowest BCUT2D eigenvalue weighted by Crippen LogP contribution is -2.34. The summed E-state index contributed by atoms with van der Waals surface area (Å²) in [5.41, 5.74) is 12.4. The molecule has 0 saturated carbocycles. The monoisotopic (exact) mass is 264 g/mol. The molecule has 0 aliphatic carbocycles. The van der Waals surface area contributed by atoms with Gasteiger partial charge in [0.1, 0.15) is 0 Å². The maximum atomic E-state index is 10.7. The van der Waals surface area contributed by atoms with E-state index in [1.54, 1.807) is 6.07 Å². The van der Waals surface area contributed by atoms with E-state index in [0.717, 1.165) is 0 Å². The maximum absolute atomic E-state index is 10.7. The van der Waals surface area contributed by atoms with Crippen LogP contribution in [-0.4, -0.2) is 41.1 Å². The number of fused-ring (bicyclic) bond motifs is 1. The minimum atomic E-state index is -0.433. The van der Waals surface area contributed by atoms with Crippen LogP contribution in [0.1, 0.15) is 0 Å². The summed E-state index contributed by atoms with van der Waals surface area (Å²) in [6.07, 6.45) is 0. The van der Waals surface area contributed by atoms with Crippen molar-refractivity contribution in [2.75, 3.05) is 31.1 Å². The molecule has 2 aromatic rings. The zero-order chi connectivity index (χ0) is 13.8. The zero-order valence-corrected chi connectivity index (χ0v) is 10.4. The number of nitro groups is 1. The van der Waals surface area contributed by atoms with Crippen LogP contribution in [0.3, 0.4) is 0 Å². The molecule has 0 spiro atoms. The van der Waals surface area contributed by atoms with Crippen LogP contribution in [0.2, 0.25) is 0 Å². The first kappa shape index (κ1) is 13.2. The van der Waals surface area contributed by atoms with Crippen molar-refractivity contribution in [1.29, 1.82) is 0 Å². The minimum absolute atomic E-state index is 0.0342. The molecule has 19 heavy (non-hydrogen) atoms. The molecule has 1 aromatic heterocycles. The second kappa shape index (κ2) is 5.63. The molecule has 8 nitrogen and oxygen atoms in total. The largest absolute Gasteiger partial charge is 0.340 e. The minimum Gasteiger partial charge on any atom is -0.340 e. The number of non-ortho nitro benzene ring substituents is 1. The first-order chi connectivity index (χ1) is 9.15. The number of aromatic nitrogens is 2. The highest BCUT2D eigenvalue weighted by atomic mass is 16.6. The van der Waals surface area contributed by atoms with Gasteiger partial charge >= 0.3 is 0 Å². The fraction of sp³-hybridized carbons (Fsp3) is 0.364. The molecule has 0 unspecified atom stereocenters. The molecule has 0 aliphatic heterocycles. The predicted molar refractivity (Wildman–Crippen MR) is 73.1 cm³/mol. The Morgan fingerprint density at radius 3 is 2.58 bits per heavy atom. The number of nitrogens with two attached hydrogens (primary N) is 2. The van der Waals surface area contributed by atoms with Gasteiger partial charge in [0.05, 0.1) is 16.0 Å². The first-order valence-electron chi connectivity index (χ1n) is 5.95. The standard InChI is InChI=1S/C11H16N6O2/c12-3-5-16(6-4-13)11-14-9-2-1-8(17(18)19)7-10(9)15-11/h1-2,7H,3-6,12-13H2,(H,14,15). The van der Waals surface area contributed by atoms with Gasteiger partial charge < -0.3 is 21.4 Å². The van der Waals surface area contributed by atoms with Gasteiger partial charge in [0.2, 0.25) is 5.95 Å². The number of H-pyrrole nitrogens is 1. The van der Waals surface area contributed by atoms with Gasteiger partial charge in [-0.1, -0.05) is 0 Å². The lowest BCUT2D eigenvalue weighted by atomic mass is 10.3. The molecule has 0 amide bonds. The highest BCUT2D eigenvalue weighted by molar-refractivity contribution is 5.80. The number of nitro benzene ring substituents is 1. The number of hydrogen-bond acceptors (Lipinski definition) is 6. The third-order valence-corrected chi connectivity index (χ3v) is 2.76. The molecule has 8 heteroatoms. The van der Waals surface area contributed by atoms with Crippen molar-refractivity contribution < 1.29 is 4.92 Å². The molecular weight excluding hydrogens is 248 g/mol. The summed E-state index contributed by atoms with van der Waals surface area (Å²) in [6.45, 7) is 2.21.